The molecule has 2 heteroatoms. The molecule has 0 aromatic heterocycles. The van der Waals surface area contributed by atoms with Crippen LogP contribution in [0.2, 0.25) is 0 Å². The van der Waals surface area contributed by atoms with Gasteiger partial charge in [-0.05, 0) is 38.8 Å². The van der Waals surface area contributed by atoms with Crippen molar-refractivity contribution in [3.63, 3.8) is 0 Å². The van der Waals surface area contributed by atoms with Gasteiger partial charge in [-0.1, -0.05) is 27.7 Å². The van der Waals surface area contributed by atoms with E-state index in [-0.39, 0.29) is 0 Å². The Kier molecular flexibility index (Phi) is 9.12. The highest BCUT2D eigenvalue weighted by Gasteiger charge is 2.08. The van der Waals surface area contributed by atoms with E-state index in [0.717, 1.165) is 25.0 Å². The molecule has 2 nitrogen and oxygen atoms in total. The highest BCUT2D eigenvalue weighted by atomic mass is 15.1. The molecule has 1 N–H and O–H groups in total. The van der Waals surface area contributed by atoms with Crippen molar-refractivity contribution in [3.05, 3.63) is 0 Å². The van der Waals surface area contributed by atoms with Crippen LogP contribution < -0.4 is 5.32 Å². The third-order valence-electron chi connectivity index (χ3n) is 3.11. The Morgan fingerprint density at radius 3 is 2.13 bits per heavy atom. The van der Waals surface area contributed by atoms with Crippen LogP contribution in [-0.4, -0.2) is 37.6 Å². The van der Waals surface area contributed by atoms with Crippen molar-refractivity contribution in [3.8, 4) is 0 Å². The fourth-order valence-electron chi connectivity index (χ4n) is 1.87. The Morgan fingerprint density at radius 2 is 1.67 bits per heavy atom. The summed E-state index contributed by atoms with van der Waals surface area (Å²) in [5.41, 5.74) is 0. The zero-order chi connectivity index (χ0) is 11.7. The molecular formula is C13H30N2. The second-order valence-corrected chi connectivity index (χ2v) is 4.88. The third kappa shape index (κ3) is 7.80. The summed E-state index contributed by atoms with van der Waals surface area (Å²) in [5.74, 6) is 0.814. The molecule has 0 unspecified atom stereocenters. The molecule has 0 aliphatic carbocycles. The van der Waals surface area contributed by atoms with E-state index in [1.165, 1.54) is 25.8 Å². The summed E-state index contributed by atoms with van der Waals surface area (Å²) in [6.45, 7) is 12.6. The first-order valence-electron chi connectivity index (χ1n) is 6.52. The third-order valence-corrected chi connectivity index (χ3v) is 3.11. The quantitative estimate of drug-likeness (QED) is 0.594. The molecule has 0 spiro atoms. The number of nitrogens with one attached hydrogen (secondary N) is 1. The second-order valence-electron chi connectivity index (χ2n) is 4.88. The first kappa shape index (κ1) is 14.9. The number of hydrogen-bond donors (Lipinski definition) is 1. The average molecular weight is 214 g/mol. The molecular weight excluding hydrogens is 184 g/mol. The van der Waals surface area contributed by atoms with E-state index < -0.39 is 0 Å². The SMILES string of the molecule is CCC(CC)N(C)CCNCCC(C)C. The standard InChI is InChI=1S/C13H30N2/c1-6-13(7-2)15(5)11-10-14-9-8-12(3)4/h12-14H,6-11H2,1-5H3. The summed E-state index contributed by atoms with van der Waals surface area (Å²) in [7, 11) is 2.24. The highest BCUT2D eigenvalue weighted by Crippen LogP contribution is 2.04. The lowest BCUT2D eigenvalue weighted by Crippen LogP contribution is -2.36. The predicted octanol–water partition coefficient (Wildman–Crippen LogP) is 2.74. The van der Waals surface area contributed by atoms with E-state index in [9.17, 15) is 0 Å². The summed E-state index contributed by atoms with van der Waals surface area (Å²) < 4.78 is 0. The first-order valence-corrected chi connectivity index (χ1v) is 6.52. The predicted molar refractivity (Wildman–Crippen MR) is 69.3 cm³/mol. The van der Waals surface area contributed by atoms with Gasteiger partial charge in [0.2, 0.25) is 0 Å². The molecule has 15 heavy (non-hydrogen) atoms. The molecule has 0 rings (SSSR count). The minimum absolute atomic E-state index is 0.761. The molecule has 0 heterocycles. The van der Waals surface area contributed by atoms with E-state index in [1.54, 1.807) is 0 Å². The van der Waals surface area contributed by atoms with E-state index in [2.05, 4.69) is 45.0 Å². The number of nitrogens with zero attached hydrogens (tertiary/aromatic N) is 1. The molecule has 0 saturated heterocycles. The summed E-state index contributed by atoms with van der Waals surface area (Å²) >= 11 is 0. The summed E-state index contributed by atoms with van der Waals surface area (Å²) in [5, 5.41) is 3.51. The van der Waals surface area contributed by atoms with Crippen molar-refractivity contribution < 1.29 is 0 Å². The maximum atomic E-state index is 3.51. The molecule has 0 bridgehead atoms. The van der Waals surface area contributed by atoms with Gasteiger partial charge in [0, 0.05) is 19.1 Å². The molecule has 0 saturated carbocycles. The van der Waals surface area contributed by atoms with Crippen LogP contribution in [0.25, 0.3) is 0 Å². The molecule has 92 valence electrons. The lowest BCUT2D eigenvalue weighted by molar-refractivity contribution is 0.229. The Morgan fingerprint density at radius 1 is 1.07 bits per heavy atom. The maximum absolute atomic E-state index is 3.51. The van der Waals surface area contributed by atoms with Gasteiger partial charge < -0.3 is 10.2 Å². The Bertz CT molecular complexity index is 130. The number of rotatable bonds is 9. The minimum atomic E-state index is 0.761. The lowest BCUT2D eigenvalue weighted by Gasteiger charge is -2.26. The largest absolute Gasteiger partial charge is 0.315 e. The molecule has 0 atom stereocenters. The highest BCUT2D eigenvalue weighted by molar-refractivity contribution is 4.66. The Hall–Kier alpha value is -0.0800. The van der Waals surface area contributed by atoms with Crippen LogP contribution in [0, 0.1) is 5.92 Å². The van der Waals surface area contributed by atoms with Crippen molar-refractivity contribution in [1.82, 2.24) is 10.2 Å². The average Bonchev–Trinajstić information content (AvgIpc) is 2.18. The molecule has 0 aliphatic heterocycles. The lowest BCUT2D eigenvalue weighted by atomic mass is 10.1. The van der Waals surface area contributed by atoms with E-state index >= 15 is 0 Å². The van der Waals surface area contributed by atoms with Gasteiger partial charge in [0.25, 0.3) is 0 Å². The zero-order valence-electron chi connectivity index (χ0n) is 11.3. The monoisotopic (exact) mass is 214 g/mol. The summed E-state index contributed by atoms with van der Waals surface area (Å²) in [4.78, 5) is 2.47. The molecule has 0 fully saturated rings. The van der Waals surface area contributed by atoms with Gasteiger partial charge in [0.15, 0.2) is 0 Å². The fraction of sp³-hybridized carbons (Fsp3) is 1.00. The van der Waals surface area contributed by atoms with Gasteiger partial charge in [-0.3, -0.25) is 0 Å². The van der Waals surface area contributed by atoms with Crippen LogP contribution in [0.15, 0.2) is 0 Å². The van der Waals surface area contributed by atoms with Crippen LogP contribution in [-0.2, 0) is 0 Å². The molecule has 0 aliphatic rings. The van der Waals surface area contributed by atoms with Crippen LogP contribution >= 0.6 is 0 Å². The fourth-order valence-corrected chi connectivity index (χ4v) is 1.87. The summed E-state index contributed by atoms with van der Waals surface area (Å²) in [6.07, 6.45) is 3.81. The van der Waals surface area contributed by atoms with Gasteiger partial charge in [-0.15, -0.1) is 0 Å². The zero-order valence-corrected chi connectivity index (χ0v) is 11.3. The first-order chi connectivity index (χ1) is 7.11. The smallest absolute Gasteiger partial charge is 0.0107 e. The van der Waals surface area contributed by atoms with Gasteiger partial charge in [-0.2, -0.15) is 0 Å². The summed E-state index contributed by atoms with van der Waals surface area (Å²) in [6, 6.07) is 0.761. The van der Waals surface area contributed by atoms with Crippen LogP contribution in [0.4, 0.5) is 0 Å². The number of hydrogen-bond acceptors (Lipinski definition) is 2. The van der Waals surface area contributed by atoms with Crippen molar-refractivity contribution in [2.75, 3.05) is 26.7 Å². The molecule has 0 aromatic rings. The molecule has 0 amide bonds. The van der Waals surface area contributed by atoms with Crippen molar-refractivity contribution in [2.24, 2.45) is 5.92 Å². The molecule has 0 radical (unpaired) electrons. The van der Waals surface area contributed by atoms with Gasteiger partial charge >= 0.3 is 0 Å². The van der Waals surface area contributed by atoms with E-state index in [1.807, 2.05) is 0 Å². The minimum Gasteiger partial charge on any atom is -0.315 e. The van der Waals surface area contributed by atoms with Crippen molar-refractivity contribution in [2.45, 2.75) is 53.0 Å². The van der Waals surface area contributed by atoms with Gasteiger partial charge in [-0.25, -0.2) is 0 Å². The normalized spacial score (nSPS) is 12.0. The van der Waals surface area contributed by atoms with E-state index in [4.69, 9.17) is 0 Å². The van der Waals surface area contributed by atoms with E-state index in [0.29, 0.717) is 0 Å². The van der Waals surface area contributed by atoms with Gasteiger partial charge in [0.05, 0.1) is 0 Å². The van der Waals surface area contributed by atoms with Crippen LogP contribution in [0.1, 0.15) is 47.0 Å². The van der Waals surface area contributed by atoms with Crippen LogP contribution in [0.3, 0.4) is 0 Å². The topological polar surface area (TPSA) is 15.3 Å². The Balaban J connectivity index is 3.41. The Labute approximate surface area is 96.4 Å². The molecule has 0 aromatic carbocycles. The second kappa shape index (κ2) is 9.17. The van der Waals surface area contributed by atoms with Crippen LogP contribution in [0.5, 0.6) is 0 Å². The van der Waals surface area contributed by atoms with Gasteiger partial charge in [0.1, 0.15) is 0 Å². The van der Waals surface area contributed by atoms with Crippen molar-refractivity contribution in [1.29, 1.82) is 0 Å². The maximum Gasteiger partial charge on any atom is 0.0107 e. The number of likely N-dealkylation sites (N-methyl/N-ethyl adjacent to an activating group) is 1. The van der Waals surface area contributed by atoms with Crippen molar-refractivity contribution >= 4 is 0 Å².